The molecule has 0 spiro atoms. The van der Waals surface area contributed by atoms with E-state index in [2.05, 4.69) is 0 Å². The van der Waals surface area contributed by atoms with Crippen LogP contribution in [0.15, 0.2) is 36.4 Å². The lowest BCUT2D eigenvalue weighted by Gasteiger charge is -2.30. The standard InChI is InChI=1S/C37H40F6O/c1-2-3-25-14-16-27(34(40)32(25)38)22-7-4-21(5-8-22)6-9-26-15-17-28(35(41)33(26)39)23-10-12-24(13-11-23)29-18-19-30(31-20-44-31)37(43)36(29)42/h14-19,21-24,31H,2-13,20H2,1H3. The van der Waals surface area contributed by atoms with Crippen LogP contribution in [0, 0.1) is 40.8 Å². The van der Waals surface area contributed by atoms with Gasteiger partial charge in [0.25, 0.3) is 0 Å². The molecule has 3 aromatic carbocycles. The predicted octanol–water partition coefficient (Wildman–Crippen LogP) is 10.9. The molecule has 1 saturated heterocycles. The van der Waals surface area contributed by atoms with Crippen molar-refractivity contribution in [1.82, 2.24) is 0 Å². The van der Waals surface area contributed by atoms with Crippen molar-refractivity contribution in [3.63, 3.8) is 0 Å². The first-order chi connectivity index (χ1) is 21.3. The van der Waals surface area contributed by atoms with Crippen molar-refractivity contribution in [3.8, 4) is 0 Å². The molecule has 0 radical (unpaired) electrons. The van der Waals surface area contributed by atoms with Gasteiger partial charge in [-0.1, -0.05) is 49.7 Å². The molecule has 1 unspecified atom stereocenters. The summed E-state index contributed by atoms with van der Waals surface area (Å²) in [7, 11) is 0. The number of aryl methyl sites for hydroxylation is 2. The zero-order chi connectivity index (χ0) is 31.0. The molecule has 1 atom stereocenters. The average molecular weight is 615 g/mol. The highest BCUT2D eigenvalue weighted by Crippen LogP contribution is 2.44. The number of epoxide rings is 1. The van der Waals surface area contributed by atoms with Gasteiger partial charge in [0.15, 0.2) is 34.9 Å². The molecule has 3 aliphatic rings. The fourth-order valence-corrected chi connectivity index (χ4v) is 7.70. The van der Waals surface area contributed by atoms with Gasteiger partial charge in [0.2, 0.25) is 0 Å². The largest absolute Gasteiger partial charge is 0.368 e. The molecule has 7 heteroatoms. The molecule has 0 bridgehead atoms. The van der Waals surface area contributed by atoms with E-state index in [9.17, 15) is 17.6 Å². The van der Waals surface area contributed by atoms with Gasteiger partial charge in [0, 0.05) is 5.56 Å². The second-order valence-electron chi connectivity index (χ2n) is 13.1. The summed E-state index contributed by atoms with van der Waals surface area (Å²) in [6.07, 6.45) is 7.54. The number of rotatable bonds is 9. The molecule has 2 aliphatic carbocycles. The van der Waals surface area contributed by atoms with E-state index >= 15 is 8.78 Å². The Morgan fingerprint density at radius 1 is 0.523 bits per heavy atom. The van der Waals surface area contributed by atoms with Crippen LogP contribution in [0.25, 0.3) is 0 Å². The van der Waals surface area contributed by atoms with E-state index in [0.717, 1.165) is 32.1 Å². The van der Waals surface area contributed by atoms with Gasteiger partial charge in [0.1, 0.15) is 6.10 Å². The van der Waals surface area contributed by atoms with Crippen molar-refractivity contribution in [2.75, 3.05) is 6.61 Å². The van der Waals surface area contributed by atoms with E-state index in [4.69, 9.17) is 4.74 Å². The smallest absolute Gasteiger partial charge is 0.165 e. The summed E-state index contributed by atoms with van der Waals surface area (Å²) in [4.78, 5) is 0. The van der Waals surface area contributed by atoms with Crippen LogP contribution in [0.2, 0.25) is 0 Å². The normalized spacial score (nSPS) is 25.3. The van der Waals surface area contributed by atoms with Gasteiger partial charge in [-0.3, -0.25) is 0 Å². The van der Waals surface area contributed by atoms with Gasteiger partial charge < -0.3 is 4.74 Å². The summed E-state index contributed by atoms with van der Waals surface area (Å²) < 4.78 is 94.2. The number of hydrogen-bond donors (Lipinski definition) is 0. The molecule has 1 aliphatic heterocycles. The molecule has 0 N–H and O–H groups in total. The summed E-state index contributed by atoms with van der Waals surface area (Å²) in [6, 6.07) is 10.1. The lowest BCUT2D eigenvalue weighted by molar-refractivity contribution is 0.303. The minimum Gasteiger partial charge on any atom is -0.368 e. The maximum absolute atomic E-state index is 15.3. The summed E-state index contributed by atoms with van der Waals surface area (Å²) in [5, 5.41) is 0. The third kappa shape index (κ3) is 6.31. The van der Waals surface area contributed by atoms with E-state index in [-0.39, 0.29) is 29.4 Å². The molecule has 1 heterocycles. The van der Waals surface area contributed by atoms with E-state index in [1.807, 2.05) is 6.92 Å². The summed E-state index contributed by atoms with van der Waals surface area (Å²) >= 11 is 0. The van der Waals surface area contributed by atoms with Gasteiger partial charge in [-0.15, -0.1) is 0 Å². The molecule has 0 amide bonds. The summed E-state index contributed by atoms with van der Waals surface area (Å²) in [5.41, 5.74) is 2.20. The Hall–Kier alpha value is -2.80. The van der Waals surface area contributed by atoms with Crippen molar-refractivity contribution in [2.45, 2.75) is 108 Å². The first-order valence-electron chi connectivity index (χ1n) is 16.3. The van der Waals surface area contributed by atoms with Crippen molar-refractivity contribution >= 4 is 0 Å². The zero-order valence-electron chi connectivity index (χ0n) is 25.2. The summed E-state index contributed by atoms with van der Waals surface area (Å²) in [6.45, 7) is 2.34. The topological polar surface area (TPSA) is 12.5 Å². The Labute approximate surface area is 256 Å². The molecule has 6 rings (SSSR count). The Morgan fingerprint density at radius 2 is 0.909 bits per heavy atom. The Balaban J connectivity index is 1.02. The van der Waals surface area contributed by atoms with E-state index in [1.165, 1.54) is 0 Å². The van der Waals surface area contributed by atoms with Crippen molar-refractivity contribution in [1.29, 1.82) is 0 Å². The molecule has 236 valence electrons. The minimum absolute atomic E-state index is 0.0211. The van der Waals surface area contributed by atoms with Crippen molar-refractivity contribution < 1.29 is 31.1 Å². The Kier molecular flexibility index (Phi) is 9.42. The van der Waals surface area contributed by atoms with E-state index in [1.54, 1.807) is 36.4 Å². The highest BCUT2D eigenvalue weighted by Gasteiger charge is 2.33. The van der Waals surface area contributed by atoms with Crippen LogP contribution >= 0.6 is 0 Å². The Bertz CT molecular complexity index is 1480. The molecule has 2 saturated carbocycles. The average Bonchev–Trinajstić information content (AvgIpc) is 3.88. The quantitative estimate of drug-likeness (QED) is 0.173. The third-order valence-corrected chi connectivity index (χ3v) is 10.4. The van der Waals surface area contributed by atoms with E-state index < -0.39 is 34.9 Å². The van der Waals surface area contributed by atoms with Crippen LogP contribution in [-0.2, 0) is 17.6 Å². The second-order valence-corrected chi connectivity index (χ2v) is 13.1. The molecule has 3 fully saturated rings. The van der Waals surface area contributed by atoms with Crippen LogP contribution in [0.4, 0.5) is 26.3 Å². The molecule has 3 aromatic rings. The SMILES string of the molecule is CCCc1ccc(C2CCC(CCc3ccc(C4CCC(c5ccc(C6CO6)c(F)c5F)CC4)c(F)c3F)CC2)c(F)c1F. The first-order valence-corrected chi connectivity index (χ1v) is 16.3. The lowest BCUT2D eigenvalue weighted by Crippen LogP contribution is -2.17. The summed E-state index contributed by atoms with van der Waals surface area (Å²) in [5.74, 6) is -4.72. The molecule has 44 heavy (non-hydrogen) atoms. The van der Waals surface area contributed by atoms with E-state index in [0.29, 0.717) is 85.3 Å². The molecule has 1 nitrogen and oxygen atoms in total. The number of ether oxygens (including phenoxy) is 1. The number of halogens is 6. The van der Waals surface area contributed by atoms with Crippen LogP contribution in [-0.4, -0.2) is 6.61 Å². The molecular weight excluding hydrogens is 574 g/mol. The monoisotopic (exact) mass is 614 g/mol. The third-order valence-electron chi connectivity index (χ3n) is 10.4. The predicted molar refractivity (Wildman–Crippen MR) is 159 cm³/mol. The number of hydrogen-bond acceptors (Lipinski definition) is 1. The highest BCUT2D eigenvalue weighted by molar-refractivity contribution is 5.34. The van der Waals surface area contributed by atoms with Gasteiger partial charge in [0.05, 0.1) is 6.61 Å². The van der Waals surface area contributed by atoms with Crippen LogP contribution < -0.4 is 0 Å². The maximum Gasteiger partial charge on any atom is 0.165 e. The van der Waals surface area contributed by atoms with Gasteiger partial charge in [-0.25, -0.2) is 26.3 Å². The fourth-order valence-electron chi connectivity index (χ4n) is 7.70. The van der Waals surface area contributed by atoms with Crippen LogP contribution in [0.1, 0.15) is 128 Å². The van der Waals surface area contributed by atoms with Crippen molar-refractivity contribution in [3.05, 3.63) is 105 Å². The second kappa shape index (κ2) is 13.3. The van der Waals surface area contributed by atoms with Crippen LogP contribution in [0.5, 0.6) is 0 Å². The minimum atomic E-state index is -0.842. The van der Waals surface area contributed by atoms with Gasteiger partial charge >= 0.3 is 0 Å². The lowest BCUT2D eigenvalue weighted by atomic mass is 9.75. The van der Waals surface area contributed by atoms with Gasteiger partial charge in [-0.2, -0.15) is 0 Å². The number of benzene rings is 3. The van der Waals surface area contributed by atoms with Crippen molar-refractivity contribution in [2.24, 2.45) is 5.92 Å². The fraction of sp³-hybridized carbons (Fsp3) is 0.514. The Morgan fingerprint density at radius 3 is 1.39 bits per heavy atom. The first kappa shape index (κ1) is 31.2. The molecule has 0 aromatic heterocycles. The maximum atomic E-state index is 15.3. The molecular formula is C37H40F6O. The zero-order valence-corrected chi connectivity index (χ0v) is 25.2. The highest BCUT2D eigenvalue weighted by atomic mass is 19.2. The van der Waals surface area contributed by atoms with Crippen LogP contribution in [0.3, 0.4) is 0 Å². The van der Waals surface area contributed by atoms with Gasteiger partial charge in [-0.05, 0) is 122 Å².